The van der Waals surface area contributed by atoms with E-state index in [1.807, 2.05) is 24.3 Å². The van der Waals surface area contributed by atoms with Gasteiger partial charge in [-0.25, -0.2) is 0 Å². The van der Waals surface area contributed by atoms with Crippen molar-refractivity contribution in [3.05, 3.63) is 29.8 Å². The Morgan fingerprint density at radius 2 is 2.41 bits per heavy atom. The van der Waals surface area contributed by atoms with Crippen molar-refractivity contribution >= 4 is 5.78 Å². The Kier molecular flexibility index (Phi) is 4.15. The zero-order chi connectivity index (χ0) is 12.1. The van der Waals surface area contributed by atoms with E-state index in [4.69, 9.17) is 4.74 Å². The first-order valence-corrected chi connectivity index (χ1v) is 6.18. The Balaban J connectivity index is 1.86. The monoisotopic (exact) mass is 233 g/mol. The van der Waals surface area contributed by atoms with Gasteiger partial charge in [-0.3, -0.25) is 4.79 Å². The van der Waals surface area contributed by atoms with Crippen molar-refractivity contribution in [2.75, 3.05) is 13.7 Å². The highest BCUT2D eigenvalue weighted by Gasteiger charge is 2.21. The molecule has 2 rings (SSSR count). The van der Waals surface area contributed by atoms with Crippen molar-refractivity contribution in [2.45, 2.75) is 31.7 Å². The molecule has 1 unspecified atom stereocenters. The van der Waals surface area contributed by atoms with Crippen LogP contribution in [0.3, 0.4) is 0 Å². The molecule has 92 valence electrons. The molecule has 0 spiro atoms. The summed E-state index contributed by atoms with van der Waals surface area (Å²) < 4.78 is 5.16. The van der Waals surface area contributed by atoms with Crippen LogP contribution < -0.4 is 10.1 Å². The second-order valence-corrected chi connectivity index (χ2v) is 4.47. The van der Waals surface area contributed by atoms with Gasteiger partial charge in [0, 0.05) is 6.42 Å². The van der Waals surface area contributed by atoms with Gasteiger partial charge >= 0.3 is 0 Å². The Morgan fingerprint density at radius 1 is 1.53 bits per heavy atom. The van der Waals surface area contributed by atoms with Gasteiger partial charge in [0.15, 0.2) is 0 Å². The fourth-order valence-electron chi connectivity index (χ4n) is 2.23. The Hall–Kier alpha value is -1.35. The smallest absolute Gasteiger partial charge is 0.150 e. The number of benzene rings is 1. The minimum absolute atomic E-state index is 0.0978. The summed E-state index contributed by atoms with van der Waals surface area (Å²) in [5.74, 6) is 1.19. The van der Waals surface area contributed by atoms with E-state index in [1.54, 1.807) is 7.11 Å². The molecule has 1 aliphatic rings. The van der Waals surface area contributed by atoms with E-state index in [-0.39, 0.29) is 6.04 Å². The van der Waals surface area contributed by atoms with Gasteiger partial charge in [0.2, 0.25) is 0 Å². The van der Waals surface area contributed by atoms with Crippen LogP contribution in [0.15, 0.2) is 24.3 Å². The molecule has 0 amide bonds. The quantitative estimate of drug-likeness (QED) is 0.844. The fourth-order valence-corrected chi connectivity index (χ4v) is 2.23. The number of methoxy groups -OCH3 is 1. The lowest BCUT2D eigenvalue weighted by molar-refractivity contribution is -0.120. The predicted octanol–water partition coefficient (Wildman–Crippen LogP) is 1.95. The lowest BCUT2D eigenvalue weighted by atomic mass is 10.0. The molecule has 0 aromatic heterocycles. The zero-order valence-corrected chi connectivity index (χ0v) is 10.2. The highest BCUT2D eigenvalue weighted by atomic mass is 16.5. The maximum Gasteiger partial charge on any atom is 0.150 e. The second kappa shape index (κ2) is 5.82. The van der Waals surface area contributed by atoms with Crippen LogP contribution in [0.4, 0.5) is 0 Å². The van der Waals surface area contributed by atoms with Crippen LogP contribution in [0.25, 0.3) is 0 Å². The first kappa shape index (κ1) is 12.1. The van der Waals surface area contributed by atoms with Crippen molar-refractivity contribution < 1.29 is 9.53 Å². The molecule has 1 saturated heterocycles. The molecule has 17 heavy (non-hydrogen) atoms. The van der Waals surface area contributed by atoms with E-state index in [0.717, 1.165) is 37.1 Å². The number of carbonyl (C=O) groups is 1. The highest BCUT2D eigenvalue weighted by molar-refractivity contribution is 5.84. The summed E-state index contributed by atoms with van der Waals surface area (Å²) >= 11 is 0. The molecule has 1 aliphatic heterocycles. The van der Waals surface area contributed by atoms with E-state index in [0.29, 0.717) is 12.2 Å². The molecule has 1 heterocycles. The van der Waals surface area contributed by atoms with Crippen molar-refractivity contribution in [3.8, 4) is 5.75 Å². The van der Waals surface area contributed by atoms with E-state index < -0.39 is 0 Å². The molecule has 1 N–H and O–H groups in total. The predicted molar refractivity (Wildman–Crippen MR) is 67.3 cm³/mol. The zero-order valence-electron chi connectivity index (χ0n) is 10.2. The Labute approximate surface area is 102 Å². The first-order chi connectivity index (χ1) is 8.29. The van der Waals surface area contributed by atoms with Crippen LogP contribution in [-0.2, 0) is 11.2 Å². The molecule has 1 fully saturated rings. The number of hydrogen-bond acceptors (Lipinski definition) is 3. The van der Waals surface area contributed by atoms with Gasteiger partial charge in [-0.15, -0.1) is 0 Å². The van der Waals surface area contributed by atoms with Crippen molar-refractivity contribution in [1.29, 1.82) is 0 Å². The summed E-state index contributed by atoms with van der Waals surface area (Å²) in [6, 6.07) is 8.02. The van der Waals surface area contributed by atoms with Crippen molar-refractivity contribution in [3.63, 3.8) is 0 Å². The second-order valence-electron chi connectivity index (χ2n) is 4.47. The van der Waals surface area contributed by atoms with Gasteiger partial charge in [0.1, 0.15) is 11.5 Å². The summed E-state index contributed by atoms with van der Waals surface area (Å²) in [7, 11) is 1.66. The third-order valence-corrected chi connectivity index (χ3v) is 3.24. The number of carbonyl (C=O) groups excluding carboxylic acids is 1. The van der Waals surface area contributed by atoms with Crippen LogP contribution in [0, 0.1) is 0 Å². The van der Waals surface area contributed by atoms with Crippen LogP contribution >= 0.6 is 0 Å². The van der Waals surface area contributed by atoms with Gasteiger partial charge in [-0.1, -0.05) is 12.1 Å². The summed E-state index contributed by atoms with van der Waals surface area (Å²) in [5, 5.41) is 3.24. The number of nitrogens with one attached hydrogen (secondary N) is 1. The third kappa shape index (κ3) is 3.30. The lowest BCUT2D eigenvalue weighted by Gasteiger charge is -2.09. The summed E-state index contributed by atoms with van der Waals surface area (Å²) in [6.45, 7) is 0.982. The number of aryl methyl sites for hydroxylation is 1. The average molecular weight is 233 g/mol. The number of ketones is 1. The van der Waals surface area contributed by atoms with E-state index in [2.05, 4.69) is 5.32 Å². The molecule has 0 bridgehead atoms. The number of rotatable bonds is 5. The number of ether oxygens (including phenoxy) is 1. The van der Waals surface area contributed by atoms with E-state index >= 15 is 0 Å². The van der Waals surface area contributed by atoms with Crippen LogP contribution in [0.1, 0.15) is 24.8 Å². The largest absolute Gasteiger partial charge is 0.497 e. The molecule has 3 nitrogen and oxygen atoms in total. The third-order valence-electron chi connectivity index (χ3n) is 3.24. The summed E-state index contributed by atoms with van der Waals surface area (Å²) in [6.07, 6.45) is 3.53. The molecular weight excluding hydrogens is 214 g/mol. The molecule has 0 radical (unpaired) electrons. The fraction of sp³-hybridized carbons (Fsp3) is 0.500. The Bertz CT molecular complexity index is 384. The molecule has 0 aliphatic carbocycles. The van der Waals surface area contributed by atoms with Gasteiger partial charge in [0.05, 0.1) is 13.2 Å². The highest BCUT2D eigenvalue weighted by Crippen LogP contribution is 2.15. The Morgan fingerprint density at radius 3 is 3.12 bits per heavy atom. The maximum absolute atomic E-state index is 11.9. The number of hydrogen-bond donors (Lipinski definition) is 1. The van der Waals surface area contributed by atoms with Crippen molar-refractivity contribution in [2.24, 2.45) is 0 Å². The molecule has 3 heteroatoms. The van der Waals surface area contributed by atoms with Gasteiger partial charge in [-0.05, 0) is 43.5 Å². The normalized spacial score (nSPS) is 19.2. The van der Waals surface area contributed by atoms with Crippen LogP contribution in [0.5, 0.6) is 5.75 Å². The van der Waals surface area contributed by atoms with Crippen molar-refractivity contribution in [1.82, 2.24) is 5.32 Å². The van der Waals surface area contributed by atoms with Gasteiger partial charge in [-0.2, -0.15) is 0 Å². The van der Waals surface area contributed by atoms with Gasteiger partial charge in [0.25, 0.3) is 0 Å². The minimum atomic E-state index is 0.0978. The lowest BCUT2D eigenvalue weighted by Crippen LogP contribution is -2.30. The molecule has 1 aromatic carbocycles. The summed E-state index contributed by atoms with van der Waals surface area (Å²) in [5.41, 5.74) is 1.16. The van der Waals surface area contributed by atoms with Gasteiger partial charge < -0.3 is 10.1 Å². The molecule has 1 atom stereocenters. The topological polar surface area (TPSA) is 38.3 Å². The maximum atomic E-state index is 11.9. The molecule has 0 saturated carbocycles. The minimum Gasteiger partial charge on any atom is -0.497 e. The molecule has 1 aromatic rings. The van der Waals surface area contributed by atoms with Crippen LogP contribution in [0.2, 0.25) is 0 Å². The summed E-state index contributed by atoms with van der Waals surface area (Å²) in [4.78, 5) is 11.9. The molecular formula is C14H19NO2. The van der Waals surface area contributed by atoms with Crippen LogP contribution in [-0.4, -0.2) is 25.5 Å². The SMILES string of the molecule is COc1cccc(CCC(=O)C2CCCN2)c1. The van der Waals surface area contributed by atoms with E-state index in [9.17, 15) is 4.79 Å². The van der Waals surface area contributed by atoms with E-state index in [1.165, 1.54) is 0 Å². The standard InChI is InChI=1S/C14H19NO2/c1-17-12-5-2-4-11(10-12)7-8-14(16)13-6-3-9-15-13/h2,4-5,10,13,15H,3,6-9H2,1H3. The average Bonchev–Trinajstić information content (AvgIpc) is 2.90. The number of Topliss-reactive ketones (excluding diaryl/α,β-unsaturated/α-hetero) is 1. The first-order valence-electron chi connectivity index (χ1n) is 6.18.